The van der Waals surface area contributed by atoms with Crippen LogP contribution >= 0.6 is 0 Å². The van der Waals surface area contributed by atoms with Crippen LogP contribution in [0.15, 0.2) is 0 Å². The molecule has 3 nitrogen and oxygen atoms in total. The van der Waals surface area contributed by atoms with Crippen LogP contribution in [0, 0.1) is 11.8 Å². The summed E-state index contributed by atoms with van der Waals surface area (Å²) >= 11 is 0. The molecule has 0 aliphatic carbocycles. The third-order valence-electron chi connectivity index (χ3n) is 4.45. The highest BCUT2D eigenvalue weighted by molar-refractivity contribution is 5.66. The molecule has 0 radical (unpaired) electrons. The van der Waals surface area contributed by atoms with Crippen molar-refractivity contribution in [2.45, 2.75) is 109 Å². The molecule has 0 aromatic heterocycles. The maximum atomic E-state index is 10.4. The predicted molar refractivity (Wildman–Crippen MR) is 94.4 cm³/mol. The molecule has 1 saturated heterocycles. The lowest BCUT2D eigenvalue weighted by Crippen LogP contribution is -1.93. The highest BCUT2D eigenvalue weighted by atomic mass is 16.6. The van der Waals surface area contributed by atoms with Gasteiger partial charge in [-0.3, -0.25) is 4.79 Å². The van der Waals surface area contributed by atoms with Crippen molar-refractivity contribution < 1.29 is 14.6 Å². The van der Waals surface area contributed by atoms with E-state index in [1.54, 1.807) is 0 Å². The minimum atomic E-state index is -0.672. The van der Waals surface area contributed by atoms with Gasteiger partial charge >= 0.3 is 5.97 Å². The van der Waals surface area contributed by atoms with Gasteiger partial charge in [0, 0.05) is 19.3 Å². The number of hydrogen-bond acceptors (Lipinski definition) is 2. The largest absolute Gasteiger partial charge is 0.481 e. The highest BCUT2D eigenvalue weighted by Crippen LogP contribution is 2.29. The van der Waals surface area contributed by atoms with Gasteiger partial charge in [0.2, 0.25) is 0 Å². The van der Waals surface area contributed by atoms with Crippen LogP contribution in [-0.4, -0.2) is 23.3 Å². The topological polar surface area (TPSA) is 49.8 Å². The molecule has 3 heteroatoms. The molecule has 2 atom stereocenters. The molecule has 0 amide bonds. The zero-order valence-corrected chi connectivity index (χ0v) is 14.8. The Morgan fingerprint density at radius 1 is 0.870 bits per heavy atom. The second kappa shape index (κ2) is 13.4. The Bertz CT molecular complexity index is 367. The first kappa shape index (κ1) is 20.0. The molecular formula is C20H34O3. The van der Waals surface area contributed by atoms with Crippen LogP contribution in [0.4, 0.5) is 0 Å². The third kappa shape index (κ3) is 12.1. The number of carboxylic acids is 1. The van der Waals surface area contributed by atoms with E-state index in [2.05, 4.69) is 18.8 Å². The molecular weight excluding hydrogens is 288 g/mol. The fourth-order valence-corrected chi connectivity index (χ4v) is 2.90. The average Bonchev–Trinajstić information content (AvgIpc) is 3.29. The van der Waals surface area contributed by atoms with Crippen molar-refractivity contribution in [3.8, 4) is 11.8 Å². The number of epoxide rings is 1. The molecule has 1 rings (SSSR count). The first-order chi connectivity index (χ1) is 11.2. The maximum absolute atomic E-state index is 10.4. The molecule has 0 aromatic carbocycles. The van der Waals surface area contributed by atoms with Crippen molar-refractivity contribution in [1.29, 1.82) is 0 Å². The lowest BCUT2D eigenvalue weighted by Gasteiger charge is -1.99. The zero-order chi connectivity index (χ0) is 16.8. The summed E-state index contributed by atoms with van der Waals surface area (Å²) in [7, 11) is 0. The van der Waals surface area contributed by atoms with Crippen LogP contribution in [0.2, 0.25) is 0 Å². The quantitative estimate of drug-likeness (QED) is 0.267. The minimum absolute atomic E-state index is 0.322. The summed E-state index contributed by atoms with van der Waals surface area (Å²) in [6.45, 7) is 2.19. The van der Waals surface area contributed by atoms with Gasteiger partial charge in [-0.25, -0.2) is 0 Å². The standard InChI is InChI=1S/C20H34O3/c1-2-18-19(23-18)16-14-12-10-8-6-4-3-5-7-9-11-13-15-17-20(21)22/h18-19H,2-5,7,9-17H2,1H3,(H,21,22)/t18-,19?/m1/s1. The van der Waals surface area contributed by atoms with Crippen molar-refractivity contribution in [2.24, 2.45) is 0 Å². The van der Waals surface area contributed by atoms with Gasteiger partial charge < -0.3 is 9.84 Å². The summed E-state index contributed by atoms with van der Waals surface area (Å²) in [6.07, 6.45) is 16.3. The molecule has 1 heterocycles. The van der Waals surface area contributed by atoms with Gasteiger partial charge in [0.05, 0.1) is 12.2 Å². The molecule has 1 unspecified atom stereocenters. The number of aliphatic carboxylic acids is 1. The van der Waals surface area contributed by atoms with E-state index in [1.165, 1.54) is 51.4 Å². The van der Waals surface area contributed by atoms with Crippen LogP contribution in [0.5, 0.6) is 0 Å². The fourth-order valence-electron chi connectivity index (χ4n) is 2.90. The molecule has 1 aliphatic heterocycles. The SMILES string of the molecule is CC[C@H]1OC1CCCCC#CCCCCCCCCCC(=O)O. The monoisotopic (exact) mass is 322 g/mol. The van der Waals surface area contributed by atoms with E-state index >= 15 is 0 Å². The summed E-state index contributed by atoms with van der Waals surface area (Å²) in [5, 5.41) is 8.53. The van der Waals surface area contributed by atoms with E-state index in [1.807, 2.05) is 0 Å². The molecule has 1 aliphatic rings. The number of unbranched alkanes of at least 4 members (excludes halogenated alkanes) is 9. The van der Waals surface area contributed by atoms with Gasteiger partial charge in [0.1, 0.15) is 0 Å². The van der Waals surface area contributed by atoms with E-state index in [0.717, 1.165) is 32.1 Å². The van der Waals surface area contributed by atoms with Gasteiger partial charge in [-0.05, 0) is 38.5 Å². The normalized spacial score (nSPS) is 19.2. The second-order valence-electron chi connectivity index (χ2n) is 6.59. The van der Waals surface area contributed by atoms with Crippen molar-refractivity contribution in [2.75, 3.05) is 0 Å². The van der Waals surface area contributed by atoms with Gasteiger partial charge in [0.15, 0.2) is 0 Å². The molecule has 1 N–H and O–H groups in total. The lowest BCUT2D eigenvalue weighted by atomic mass is 10.1. The van der Waals surface area contributed by atoms with E-state index in [9.17, 15) is 4.79 Å². The Hall–Kier alpha value is -1.01. The Kier molecular flexibility index (Phi) is 11.7. The molecule has 1 fully saturated rings. The Morgan fingerprint density at radius 2 is 1.43 bits per heavy atom. The van der Waals surface area contributed by atoms with E-state index in [4.69, 9.17) is 9.84 Å². The lowest BCUT2D eigenvalue weighted by molar-refractivity contribution is -0.137. The predicted octanol–water partition coefficient (Wildman–Crippen LogP) is 5.32. The molecule has 0 spiro atoms. The average molecular weight is 322 g/mol. The van der Waals surface area contributed by atoms with Crippen molar-refractivity contribution in [3.05, 3.63) is 0 Å². The van der Waals surface area contributed by atoms with Gasteiger partial charge in [-0.15, -0.1) is 11.8 Å². The summed E-state index contributed by atoms with van der Waals surface area (Å²) in [5.41, 5.74) is 0. The number of carbonyl (C=O) groups is 1. The maximum Gasteiger partial charge on any atom is 0.303 e. The summed E-state index contributed by atoms with van der Waals surface area (Å²) in [6, 6.07) is 0. The van der Waals surface area contributed by atoms with Crippen molar-refractivity contribution in [1.82, 2.24) is 0 Å². The molecule has 132 valence electrons. The Morgan fingerprint density at radius 3 is 2.00 bits per heavy atom. The van der Waals surface area contributed by atoms with Crippen LogP contribution in [0.25, 0.3) is 0 Å². The van der Waals surface area contributed by atoms with Gasteiger partial charge in [0.25, 0.3) is 0 Å². The smallest absolute Gasteiger partial charge is 0.303 e. The van der Waals surface area contributed by atoms with Gasteiger partial charge in [-0.2, -0.15) is 0 Å². The van der Waals surface area contributed by atoms with E-state index in [0.29, 0.717) is 18.6 Å². The number of hydrogen-bond donors (Lipinski definition) is 1. The van der Waals surface area contributed by atoms with E-state index < -0.39 is 5.97 Å². The summed E-state index contributed by atoms with van der Waals surface area (Å²) in [4.78, 5) is 10.4. The van der Waals surface area contributed by atoms with Gasteiger partial charge in [-0.1, -0.05) is 39.0 Å². The van der Waals surface area contributed by atoms with Crippen LogP contribution in [0.3, 0.4) is 0 Å². The second-order valence-corrected chi connectivity index (χ2v) is 6.59. The fraction of sp³-hybridized carbons (Fsp3) is 0.850. The zero-order valence-electron chi connectivity index (χ0n) is 14.8. The Labute approximate surface area is 142 Å². The van der Waals surface area contributed by atoms with Crippen molar-refractivity contribution in [3.63, 3.8) is 0 Å². The minimum Gasteiger partial charge on any atom is -0.481 e. The van der Waals surface area contributed by atoms with Crippen molar-refractivity contribution >= 4 is 5.97 Å². The number of carboxylic acid groups (broad SMARTS) is 1. The third-order valence-corrected chi connectivity index (χ3v) is 4.45. The van der Waals surface area contributed by atoms with E-state index in [-0.39, 0.29) is 0 Å². The van der Waals surface area contributed by atoms with Crippen LogP contribution < -0.4 is 0 Å². The first-order valence-corrected chi connectivity index (χ1v) is 9.57. The molecule has 0 bridgehead atoms. The number of rotatable bonds is 14. The summed E-state index contributed by atoms with van der Waals surface area (Å²) in [5.74, 6) is 5.90. The Balaban J connectivity index is 1.73. The van der Waals surface area contributed by atoms with Crippen LogP contribution in [0.1, 0.15) is 96.8 Å². The summed E-state index contributed by atoms with van der Waals surface area (Å²) < 4.78 is 5.53. The molecule has 0 aromatic rings. The first-order valence-electron chi connectivity index (χ1n) is 9.57. The molecule has 23 heavy (non-hydrogen) atoms. The number of ether oxygens (including phenoxy) is 1. The van der Waals surface area contributed by atoms with Crippen LogP contribution in [-0.2, 0) is 9.53 Å². The molecule has 0 saturated carbocycles. The highest BCUT2D eigenvalue weighted by Gasteiger charge is 2.35.